The summed E-state index contributed by atoms with van der Waals surface area (Å²) in [5.74, 6) is 3.53. The summed E-state index contributed by atoms with van der Waals surface area (Å²) in [7, 11) is 0. The van der Waals surface area contributed by atoms with Crippen LogP contribution in [0.4, 0.5) is 0 Å². The highest BCUT2D eigenvalue weighted by Gasteiger charge is 2.22. The van der Waals surface area contributed by atoms with Crippen LogP contribution in [0.3, 0.4) is 0 Å². The number of benzene rings is 6. The normalized spacial score (nSPS) is 11.2. The highest BCUT2D eigenvalue weighted by Crippen LogP contribution is 2.42. The molecule has 0 radical (unpaired) electrons. The van der Waals surface area contributed by atoms with Crippen molar-refractivity contribution in [3.05, 3.63) is 164 Å². The first-order chi connectivity index (χ1) is 24.8. The molecule has 7 heteroatoms. The molecular formula is C43H27N5O2. The van der Waals surface area contributed by atoms with Crippen LogP contribution in [0.1, 0.15) is 0 Å². The van der Waals surface area contributed by atoms with Crippen molar-refractivity contribution < 1.29 is 9.15 Å². The summed E-state index contributed by atoms with van der Waals surface area (Å²) in [6.45, 7) is 0. The molecule has 0 N–H and O–H groups in total. The van der Waals surface area contributed by atoms with E-state index in [9.17, 15) is 0 Å². The molecule has 0 bridgehead atoms. The van der Waals surface area contributed by atoms with Crippen LogP contribution in [0.15, 0.2) is 168 Å². The molecule has 9 rings (SSSR count). The standard InChI is InChI=1S/C43H27N5O2/c1-5-15-28(16-6-1)40-44-27-36(49-31-21-11-4-12-22-31)38(45-40)34-25-13-23-32-37-33(24-14-26-35(37)50-39(32)34)43-47-41(29-17-7-2-8-18-29)46-42(48-43)30-19-9-3-10-20-30/h1-27H. The van der Waals surface area contributed by atoms with Crippen LogP contribution < -0.4 is 4.74 Å². The lowest BCUT2D eigenvalue weighted by Crippen LogP contribution is -2.00. The third-order valence-electron chi connectivity index (χ3n) is 8.48. The van der Waals surface area contributed by atoms with Gasteiger partial charge in [0.05, 0.1) is 6.20 Å². The van der Waals surface area contributed by atoms with Crippen LogP contribution in [0.2, 0.25) is 0 Å². The van der Waals surface area contributed by atoms with Crippen molar-refractivity contribution in [3.8, 4) is 68.3 Å². The zero-order chi connectivity index (χ0) is 33.3. The highest BCUT2D eigenvalue weighted by molar-refractivity contribution is 6.15. The molecule has 3 aromatic heterocycles. The summed E-state index contributed by atoms with van der Waals surface area (Å²) >= 11 is 0. The van der Waals surface area contributed by atoms with E-state index in [0.717, 1.165) is 38.6 Å². The van der Waals surface area contributed by atoms with Gasteiger partial charge in [0.15, 0.2) is 29.0 Å². The number of aromatic nitrogens is 5. The van der Waals surface area contributed by atoms with Crippen molar-refractivity contribution in [2.45, 2.75) is 0 Å². The Morgan fingerprint density at radius 2 is 0.980 bits per heavy atom. The number of hydrogen-bond donors (Lipinski definition) is 0. The first-order valence-corrected chi connectivity index (χ1v) is 16.3. The van der Waals surface area contributed by atoms with Gasteiger partial charge in [-0.05, 0) is 24.3 Å². The minimum Gasteiger partial charge on any atom is -0.455 e. The Morgan fingerprint density at radius 1 is 0.440 bits per heavy atom. The van der Waals surface area contributed by atoms with Gasteiger partial charge in [0, 0.05) is 38.6 Å². The Labute approximate surface area is 287 Å². The fourth-order valence-corrected chi connectivity index (χ4v) is 6.13. The fourth-order valence-electron chi connectivity index (χ4n) is 6.13. The molecule has 6 aromatic carbocycles. The van der Waals surface area contributed by atoms with E-state index in [1.165, 1.54) is 0 Å². The maximum Gasteiger partial charge on any atom is 0.172 e. The van der Waals surface area contributed by atoms with E-state index in [0.29, 0.717) is 51.7 Å². The van der Waals surface area contributed by atoms with Crippen molar-refractivity contribution >= 4 is 21.9 Å². The van der Waals surface area contributed by atoms with E-state index in [-0.39, 0.29) is 0 Å². The van der Waals surface area contributed by atoms with Crippen molar-refractivity contribution in [2.75, 3.05) is 0 Å². The number of fused-ring (bicyclic) bond motifs is 3. The average Bonchev–Trinajstić information content (AvgIpc) is 3.59. The minimum atomic E-state index is 0.515. The lowest BCUT2D eigenvalue weighted by Gasteiger charge is -2.12. The fraction of sp³-hybridized carbons (Fsp3) is 0. The largest absolute Gasteiger partial charge is 0.455 e. The number of ether oxygens (including phenoxy) is 1. The van der Waals surface area contributed by atoms with Gasteiger partial charge in [-0.15, -0.1) is 0 Å². The number of nitrogens with zero attached hydrogens (tertiary/aromatic N) is 5. The first-order valence-electron chi connectivity index (χ1n) is 16.3. The molecular weight excluding hydrogens is 619 g/mol. The van der Waals surface area contributed by atoms with Crippen LogP contribution in [0.5, 0.6) is 11.5 Å². The van der Waals surface area contributed by atoms with Crippen molar-refractivity contribution in [1.82, 2.24) is 24.9 Å². The Kier molecular flexibility index (Phi) is 7.33. The van der Waals surface area contributed by atoms with E-state index in [1.54, 1.807) is 6.20 Å². The van der Waals surface area contributed by atoms with Crippen molar-refractivity contribution in [1.29, 1.82) is 0 Å². The molecule has 7 nitrogen and oxygen atoms in total. The number of hydrogen-bond acceptors (Lipinski definition) is 7. The monoisotopic (exact) mass is 645 g/mol. The van der Waals surface area contributed by atoms with Crippen molar-refractivity contribution in [2.24, 2.45) is 0 Å². The van der Waals surface area contributed by atoms with Gasteiger partial charge in [-0.25, -0.2) is 24.9 Å². The van der Waals surface area contributed by atoms with E-state index < -0.39 is 0 Å². The van der Waals surface area contributed by atoms with Gasteiger partial charge in [-0.1, -0.05) is 133 Å². The maximum atomic E-state index is 6.69. The molecule has 0 aliphatic carbocycles. The summed E-state index contributed by atoms with van der Waals surface area (Å²) in [6.07, 6.45) is 1.73. The van der Waals surface area contributed by atoms with Gasteiger partial charge in [-0.2, -0.15) is 0 Å². The summed E-state index contributed by atoms with van der Waals surface area (Å²) in [5, 5.41) is 1.80. The number of rotatable bonds is 7. The second kappa shape index (κ2) is 12.6. The molecule has 0 fully saturated rings. The van der Waals surface area contributed by atoms with Gasteiger partial charge >= 0.3 is 0 Å². The summed E-state index contributed by atoms with van der Waals surface area (Å²) < 4.78 is 13.1. The summed E-state index contributed by atoms with van der Waals surface area (Å²) in [6, 6.07) is 51.5. The Balaban J connectivity index is 1.26. The SMILES string of the molecule is c1ccc(Oc2cnc(-c3ccccc3)nc2-c2cccc3c2oc2cccc(-c4nc(-c5ccccc5)nc(-c5ccccc5)n4)c23)cc1. The van der Waals surface area contributed by atoms with Gasteiger partial charge in [0.2, 0.25) is 0 Å². The van der Waals surface area contributed by atoms with E-state index in [1.807, 2.05) is 152 Å². The van der Waals surface area contributed by atoms with E-state index in [4.69, 9.17) is 29.1 Å². The van der Waals surface area contributed by atoms with Gasteiger partial charge < -0.3 is 9.15 Å². The predicted molar refractivity (Wildman–Crippen MR) is 196 cm³/mol. The highest BCUT2D eigenvalue weighted by atomic mass is 16.5. The average molecular weight is 646 g/mol. The molecule has 0 amide bonds. The lowest BCUT2D eigenvalue weighted by molar-refractivity contribution is 0.480. The number of furan rings is 1. The molecule has 0 aliphatic rings. The van der Waals surface area contributed by atoms with E-state index >= 15 is 0 Å². The molecule has 50 heavy (non-hydrogen) atoms. The van der Waals surface area contributed by atoms with Crippen LogP contribution in [-0.4, -0.2) is 24.9 Å². The molecule has 0 saturated heterocycles. The van der Waals surface area contributed by atoms with Gasteiger partial charge in [-0.3, -0.25) is 0 Å². The maximum absolute atomic E-state index is 6.69. The smallest absolute Gasteiger partial charge is 0.172 e. The molecule has 0 saturated carbocycles. The molecule has 0 unspecified atom stereocenters. The third-order valence-corrected chi connectivity index (χ3v) is 8.48. The third kappa shape index (κ3) is 5.42. The molecule has 0 aliphatic heterocycles. The molecule has 0 atom stereocenters. The zero-order valence-electron chi connectivity index (χ0n) is 26.6. The van der Waals surface area contributed by atoms with Crippen LogP contribution >= 0.6 is 0 Å². The zero-order valence-corrected chi connectivity index (χ0v) is 26.6. The molecule has 236 valence electrons. The summed E-state index contributed by atoms with van der Waals surface area (Å²) in [5.41, 5.74) is 6.32. The Hall–Kier alpha value is -6.99. The Bertz CT molecular complexity index is 2550. The predicted octanol–water partition coefficient (Wildman–Crippen LogP) is 10.7. The minimum absolute atomic E-state index is 0.515. The number of para-hydroxylation sites is 2. The molecule has 3 heterocycles. The summed E-state index contributed by atoms with van der Waals surface area (Å²) in [4.78, 5) is 24.7. The first kappa shape index (κ1) is 29.2. The van der Waals surface area contributed by atoms with Crippen LogP contribution in [0.25, 0.3) is 78.7 Å². The molecule has 0 spiro atoms. The van der Waals surface area contributed by atoms with E-state index in [2.05, 4.69) is 11.1 Å². The van der Waals surface area contributed by atoms with Gasteiger partial charge in [0.25, 0.3) is 0 Å². The quantitative estimate of drug-likeness (QED) is 0.170. The Morgan fingerprint density at radius 3 is 1.62 bits per heavy atom. The lowest BCUT2D eigenvalue weighted by atomic mass is 10.0. The second-order valence-electron chi connectivity index (χ2n) is 11.7. The molecule has 9 aromatic rings. The topological polar surface area (TPSA) is 86.8 Å². The second-order valence-corrected chi connectivity index (χ2v) is 11.7. The van der Waals surface area contributed by atoms with Gasteiger partial charge in [0.1, 0.15) is 22.6 Å². The van der Waals surface area contributed by atoms with Crippen LogP contribution in [0, 0.1) is 0 Å². The van der Waals surface area contributed by atoms with Crippen molar-refractivity contribution in [3.63, 3.8) is 0 Å². The van der Waals surface area contributed by atoms with Crippen LogP contribution in [-0.2, 0) is 0 Å².